The quantitative estimate of drug-likeness (QED) is 0.806. The summed E-state index contributed by atoms with van der Waals surface area (Å²) in [5.41, 5.74) is 7.14. The van der Waals surface area contributed by atoms with Gasteiger partial charge in [0.1, 0.15) is 6.33 Å². The Kier molecular flexibility index (Phi) is 2.42. The largest absolute Gasteiger partial charge is 0.382 e. The van der Waals surface area contributed by atoms with Gasteiger partial charge in [-0.1, -0.05) is 25.0 Å². The van der Waals surface area contributed by atoms with Crippen molar-refractivity contribution in [3.63, 3.8) is 0 Å². The van der Waals surface area contributed by atoms with Gasteiger partial charge in [-0.05, 0) is 18.8 Å². The van der Waals surface area contributed by atoms with Crippen LogP contribution < -0.4 is 5.73 Å². The smallest absolute Gasteiger partial charge is 0.184 e. The Morgan fingerprint density at radius 2 is 2.24 bits per heavy atom. The van der Waals surface area contributed by atoms with Gasteiger partial charge in [-0.2, -0.15) is 0 Å². The van der Waals surface area contributed by atoms with Crippen LogP contribution in [0.3, 0.4) is 0 Å². The minimum absolute atomic E-state index is 0.401. The second kappa shape index (κ2) is 3.94. The lowest BCUT2D eigenvalue weighted by molar-refractivity contribution is 0.267. The first kappa shape index (κ1) is 10.4. The Morgan fingerprint density at radius 1 is 1.35 bits per heavy atom. The van der Waals surface area contributed by atoms with E-state index in [1.807, 2.05) is 4.68 Å². The van der Waals surface area contributed by atoms with E-state index in [0.29, 0.717) is 17.4 Å². The maximum atomic E-state index is 5.76. The molecule has 0 unspecified atom stereocenters. The molecule has 1 fully saturated rings. The van der Waals surface area contributed by atoms with Crippen molar-refractivity contribution >= 4 is 17.0 Å². The van der Waals surface area contributed by atoms with Gasteiger partial charge in [-0.15, -0.1) is 5.10 Å². The molecule has 0 aliphatic heterocycles. The lowest BCUT2D eigenvalue weighted by Gasteiger charge is -2.26. The maximum Gasteiger partial charge on any atom is 0.184 e. The van der Waals surface area contributed by atoms with Crippen molar-refractivity contribution in [2.24, 2.45) is 5.92 Å². The van der Waals surface area contributed by atoms with E-state index in [4.69, 9.17) is 5.73 Å². The highest BCUT2D eigenvalue weighted by atomic mass is 15.5. The van der Waals surface area contributed by atoms with Crippen molar-refractivity contribution in [3.8, 4) is 0 Å². The molecule has 0 aromatic carbocycles. The van der Waals surface area contributed by atoms with Gasteiger partial charge < -0.3 is 5.73 Å². The molecule has 1 aliphatic rings. The summed E-state index contributed by atoms with van der Waals surface area (Å²) in [6.45, 7) is 2.29. The number of rotatable bonds is 1. The average Bonchev–Trinajstić information content (AvgIpc) is 2.74. The molecule has 0 amide bonds. The molecule has 2 N–H and O–H groups in total. The zero-order valence-electron chi connectivity index (χ0n) is 9.87. The van der Waals surface area contributed by atoms with E-state index in [2.05, 4.69) is 27.2 Å². The molecule has 6 heteroatoms. The number of anilines is 1. The Labute approximate surface area is 99.2 Å². The van der Waals surface area contributed by atoms with Crippen molar-refractivity contribution in [2.45, 2.75) is 38.6 Å². The number of nitrogen functional groups attached to an aromatic ring is 1. The second-order valence-corrected chi connectivity index (χ2v) is 4.89. The number of nitrogens with zero attached hydrogens (tertiary/aromatic N) is 5. The molecule has 3 rings (SSSR count). The molecule has 2 aromatic heterocycles. The maximum absolute atomic E-state index is 5.76. The van der Waals surface area contributed by atoms with E-state index in [9.17, 15) is 0 Å². The number of nitrogens with two attached hydrogens (primary N) is 1. The summed E-state index contributed by atoms with van der Waals surface area (Å²) < 4.78 is 1.92. The predicted molar refractivity (Wildman–Crippen MR) is 64.2 cm³/mol. The van der Waals surface area contributed by atoms with Crippen LogP contribution in [0.4, 0.5) is 5.82 Å². The summed E-state index contributed by atoms with van der Waals surface area (Å²) in [6, 6.07) is 0.401. The van der Waals surface area contributed by atoms with Gasteiger partial charge in [0, 0.05) is 0 Å². The summed E-state index contributed by atoms with van der Waals surface area (Å²) in [4.78, 5) is 8.18. The molecule has 2 heterocycles. The number of hydrogen-bond acceptors (Lipinski definition) is 5. The fourth-order valence-corrected chi connectivity index (χ4v) is 2.65. The predicted octanol–water partition coefficient (Wildman–Crippen LogP) is 1.55. The standard InChI is InChI=1S/C11H16N6/c1-7-3-2-4-8(5-7)17-11-9(15-16-17)10(12)13-6-14-11/h6-8H,2-5H2,1H3,(H2,12,13,14)/t7-,8-/m0/s1. The van der Waals surface area contributed by atoms with Crippen molar-refractivity contribution < 1.29 is 0 Å². The van der Waals surface area contributed by atoms with Crippen LogP contribution in [0.2, 0.25) is 0 Å². The molecule has 1 saturated carbocycles. The third-order valence-corrected chi connectivity index (χ3v) is 3.54. The van der Waals surface area contributed by atoms with E-state index in [1.54, 1.807) is 0 Å². The minimum Gasteiger partial charge on any atom is -0.382 e. The number of aromatic nitrogens is 5. The van der Waals surface area contributed by atoms with Gasteiger partial charge in [0.2, 0.25) is 0 Å². The molecule has 0 bridgehead atoms. The molecule has 2 atom stereocenters. The molecule has 1 aliphatic carbocycles. The highest BCUT2D eigenvalue weighted by Gasteiger charge is 2.23. The summed E-state index contributed by atoms with van der Waals surface area (Å²) in [5.74, 6) is 1.15. The van der Waals surface area contributed by atoms with E-state index < -0.39 is 0 Å². The molecule has 6 nitrogen and oxygen atoms in total. The molecule has 17 heavy (non-hydrogen) atoms. The fraction of sp³-hybridized carbons (Fsp3) is 0.636. The van der Waals surface area contributed by atoms with Crippen LogP contribution in [0.1, 0.15) is 38.6 Å². The highest BCUT2D eigenvalue weighted by Crippen LogP contribution is 2.33. The van der Waals surface area contributed by atoms with Crippen LogP contribution in [0.15, 0.2) is 6.33 Å². The SMILES string of the molecule is C[C@H]1CCC[C@H](n2nnc3c(N)ncnc32)C1. The Balaban J connectivity index is 2.02. The van der Waals surface area contributed by atoms with Crippen LogP contribution >= 0.6 is 0 Å². The van der Waals surface area contributed by atoms with Crippen LogP contribution in [0, 0.1) is 5.92 Å². The minimum atomic E-state index is 0.401. The topological polar surface area (TPSA) is 82.5 Å². The molecule has 0 radical (unpaired) electrons. The van der Waals surface area contributed by atoms with Crippen molar-refractivity contribution in [3.05, 3.63) is 6.33 Å². The molecule has 90 valence electrons. The first-order valence-corrected chi connectivity index (χ1v) is 6.07. The zero-order valence-corrected chi connectivity index (χ0v) is 9.87. The summed E-state index contributed by atoms with van der Waals surface area (Å²) >= 11 is 0. The summed E-state index contributed by atoms with van der Waals surface area (Å²) in [5, 5.41) is 8.28. The monoisotopic (exact) mass is 232 g/mol. The highest BCUT2D eigenvalue weighted by molar-refractivity contribution is 5.80. The van der Waals surface area contributed by atoms with Gasteiger partial charge in [-0.25, -0.2) is 14.6 Å². The second-order valence-electron chi connectivity index (χ2n) is 4.89. The lowest BCUT2D eigenvalue weighted by Crippen LogP contribution is -2.19. The first-order chi connectivity index (χ1) is 8.25. The van der Waals surface area contributed by atoms with Gasteiger partial charge in [0.05, 0.1) is 6.04 Å². The van der Waals surface area contributed by atoms with Gasteiger partial charge >= 0.3 is 0 Å². The van der Waals surface area contributed by atoms with Crippen LogP contribution in [-0.2, 0) is 0 Å². The van der Waals surface area contributed by atoms with Gasteiger partial charge in [-0.3, -0.25) is 0 Å². The van der Waals surface area contributed by atoms with E-state index in [1.165, 1.54) is 19.2 Å². The van der Waals surface area contributed by atoms with Crippen molar-refractivity contribution in [2.75, 3.05) is 5.73 Å². The third kappa shape index (κ3) is 1.73. The Hall–Kier alpha value is -1.72. The molecular formula is C11H16N6. The molecular weight excluding hydrogens is 216 g/mol. The number of fused-ring (bicyclic) bond motifs is 1. The van der Waals surface area contributed by atoms with E-state index in [0.717, 1.165) is 24.4 Å². The van der Waals surface area contributed by atoms with Crippen LogP contribution in [0.25, 0.3) is 11.2 Å². The van der Waals surface area contributed by atoms with E-state index >= 15 is 0 Å². The molecule has 2 aromatic rings. The Bertz CT molecular complexity index is 534. The zero-order chi connectivity index (χ0) is 11.8. The lowest BCUT2D eigenvalue weighted by atomic mass is 9.87. The van der Waals surface area contributed by atoms with Gasteiger partial charge in [0.25, 0.3) is 0 Å². The summed E-state index contributed by atoms with van der Waals surface area (Å²) in [7, 11) is 0. The summed E-state index contributed by atoms with van der Waals surface area (Å²) in [6.07, 6.45) is 6.31. The number of hydrogen-bond donors (Lipinski definition) is 1. The van der Waals surface area contributed by atoms with Crippen molar-refractivity contribution in [1.29, 1.82) is 0 Å². The van der Waals surface area contributed by atoms with Crippen LogP contribution in [0.5, 0.6) is 0 Å². The average molecular weight is 232 g/mol. The molecule has 0 saturated heterocycles. The van der Waals surface area contributed by atoms with Crippen LogP contribution in [-0.4, -0.2) is 25.0 Å². The third-order valence-electron chi connectivity index (χ3n) is 3.54. The molecule has 0 spiro atoms. The van der Waals surface area contributed by atoms with E-state index in [-0.39, 0.29) is 0 Å². The Morgan fingerprint density at radius 3 is 3.06 bits per heavy atom. The fourth-order valence-electron chi connectivity index (χ4n) is 2.65. The normalized spacial score (nSPS) is 25.2. The van der Waals surface area contributed by atoms with Crippen molar-refractivity contribution in [1.82, 2.24) is 25.0 Å². The first-order valence-electron chi connectivity index (χ1n) is 6.07. The van der Waals surface area contributed by atoms with Gasteiger partial charge in [0.15, 0.2) is 17.0 Å².